The van der Waals surface area contributed by atoms with E-state index in [2.05, 4.69) is 15.9 Å². The first-order valence-corrected chi connectivity index (χ1v) is 8.01. The maximum Gasteiger partial charge on any atom is 0.163 e. The van der Waals surface area contributed by atoms with Gasteiger partial charge in [-0.25, -0.2) is 0 Å². The lowest BCUT2D eigenvalue weighted by Crippen LogP contribution is -2.03. The number of halogens is 1. The molecule has 0 fully saturated rings. The molecule has 2 rings (SSSR count). The smallest absolute Gasteiger partial charge is 0.163 e. The molecule has 0 unspecified atom stereocenters. The van der Waals surface area contributed by atoms with E-state index in [4.69, 9.17) is 18.9 Å². The molecule has 5 nitrogen and oxygen atoms in total. The average molecular weight is 395 g/mol. The molecule has 0 radical (unpaired) electrons. The summed E-state index contributed by atoms with van der Waals surface area (Å²) in [7, 11) is 4.71. The van der Waals surface area contributed by atoms with E-state index >= 15 is 0 Å². The molecule has 128 valence electrons. The second-order valence-electron chi connectivity index (χ2n) is 5.01. The van der Waals surface area contributed by atoms with Gasteiger partial charge in [-0.3, -0.25) is 4.79 Å². The lowest BCUT2D eigenvalue weighted by Gasteiger charge is -2.14. The summed E-state index contributed by atoms with van der Waals surface area (Å²) >= 11 is 3.49. The molecular formula is C18H19BrO5. The number of ketones is 1. The summed E-state index contributed by atoms with van der Waals surface area (Å²) in [5.41, 5.74) is 1.35. The van der Waals surface area contributed by atoms with Crippen LogP contribution in [0.1, 0.15) is 22.8 Å². The summed E-state index contributed by atoms with van der Waals surface area (Å²) in [6, 6.07) is 8.80. The van der Waals surface area contributed by atoms with Gasteiger partial charge in [-0.2, -0.15) is 0 Å². The average Bonchev–Trinajstić information content (AvgIpc) is 2.60. The Morgan fingerprint density at radius 1 is 0.958 bits per heavy atom. The lowest BCUT2D eigenvalue weighted by molar-refractivity contribution is 0.101. The van der Waals surface area contributed by atoms with E-state index in [-0.39, 0.29) is 12.4 Å². The summed E-state index contributed by atoms with van der Waals surface area (Å²) in [5, 5.41) is 0. The molecule has 0 aliphatic heterocycles. The van der Waals surface area contributed by atoms with E-state index in [9.17, 15) is 4.79 Å². The summed E-state index contributed by atoms with van der Waals surface area (Å²) in [6.07, 6.45) is 0. The number of methoxy groups -OCH3 is 3. The first-order valence-electron chi connectivity index (χ1n) is 7.22. The SMILES string of the molecule is COc1ccc(OCc2cc(OC)c(OC)cc2Br)c(C(C)=O)c1. The number of carbonyl (C=O) groups is 1. The van der Waals surface area contributed by atoms with E-state index in [1.807, 2.05) is 12.1 Å². The Balaban J connectivity index is 2.26. The molecule has 0 saturated carbocycles. The third-order valence-electron chi connectivity index (χ3n) is 3.50. The zero-order valence-electron chi connectivity index (χ0n) is 14.0. The van der Waals surface area contributed by atoms with Crippen LogP contribution >= 0.6 is 15.9 Å². The number of hydrogen-bond donors (Lipinski definition) is 0. The monoisotopic (exact) mass is 394 g/mol. The molecule has 0 aliphatic rings. The summed E-state index contributed by atoms with van der Waals surface area (Å²) in [5.74, 6) is 2.27. The standard InChI is InChI=1S/C18H19BrO5/c1-11(20)14-8-13(21-2)5-6-16(14)24-10-12-7-17(22-3)18(23-4)9-15(12)19/h5-9H,10H2,1-4H3. The fraction of sp³-hybridized carbons (Fsp3) is 0.278. The fourth-order valence-corrected chi connectivity index (χ4v) is 2.64. The van der Waals surface area contributed by atoms with Crippen molar-refractivity contribution in [1.82, 2.24) is 0 Å². The Hall–Kier alpha value is -2.21. The van der Waals surface area contributed by atoms with Crippen LogP contribution in [0, 0.1) is 0 Å². The van der Waals surface area contributed by atoms with Gasteiger partial charge in [0, 0.05) is 10.0 Å². The number of Topliss-reactive ketones (excluding diaryl/α,β-unsaturated/α-hetero) is 1. The second kappa shape index (κ2) is 8.06. The third-order valence-corrected chi connectivity index (χ3v) is 4.24. The molecule has 0 aliphatic carbocycles. The molecule has 0 saturated heterocycles. The van der Waals surface area contributed by atoms with Crippen LogP contribution in [0.25, 0.3) is 0 Å². The number of benzene rings is 2. The van der Waals surface area contributed by atoms with E-state index in [0.29, 0.717) is 28.6 Å². The van der Waals surface area contributed by atoms with E-state index in [1.165, 1.54) is 6.92 Å². The fourth-order valence-electron chi connectivity index (χ4n) is 2.20. The number of hydrogen-bond acceptors (Lipinski definition) is 5. The molecule has 0 heterocycles. The predicted octanol–water partition coefficient (Wildman–Crippen LogP) is 4.26. The normalized spacial score (nSPS) is 10.2. The first-order chi connectivity index (χ1) is 11.5. The molecule has 24 heavy (non-hydrogen) atoms. The van der Waals surface area contributed by atoms with Gasteiger partial charge in [0.1, 0.15) is 18.1 Å². The Kier molecular flexibility index (Phi) is 6.09. The van der Waals surface area contributed by atoms with Gasteiger partial charge >= 0.3 is 0 Å². The van der Waals surface area contributed by atoms with Crippen molar-refractivity contribution in [3.05, 3.63) is 45.9 Å². The van der Waals surface area contributed by atoms with Gasteiger partial charge in [0.2, 0.25) is 0 Å². The molecular weight excluding hydrogens is 376 g/mol. The minimum absolute atomic E-state index is 0.0877. The summed E-state index contributed by atoms with van der Waals surface area (Å²) in [4.78, 5) is 11.8. The van der Waals surface area contributed by atoms with Crippen molar-refractivity contribution in [2.24, 2.45) is 0 Å². The van der Waals surface area contributed by atoms with Crippen molar-refractivity contribution >= 4 is 21.7 Å². The predicted molar refractivity (Wildman–Crippen MR) is 94.6 cm³/mol. The van der Waals surface area contributed by atoms with E-state index < -0.39 is 0 Å². The van der Waals surface area contributed by atoms with Crippen LogP contribution in [0.5, 0.6) is 23.0 Å². The van der Waals surface area contributed by atoms with Gasteiger partial charge in [-0.05, 0) is 37.3 Å². The number of rotatable bonds is 7. The number of ether oxygens (including phenoxy) is 4. The highest BCUT2D eigenvalue weighted by atomic mass is 79.9. The largest absolute Gasteiger partial charge is 0.497 e. The lowest BCUT2D eigenvalue weighted by atomic mass is 10.1. The highest BCUT2D eigenvalue weighted by Gasteiger charge is 2.13. The zero-order valence-corrected chi connectivity index (χ0v) is 15.6. The van der Waals surface area contributed by atoms with Crippen molar-refractivity contribution in [2.45, 2.75) is 13.5 Å². The maximum absolute atomic E-state index is 11.8. The van der Waals surface area contributed by atoms with Gasteiger partial charge in [0.05, 0.1) is 26.9 Å². The molecule has 0 spiro atoms. The van der Waals surface area contributed by atoms with Crippen LogP contribution in [-0.4, -0.2) is 27.1 Å². The van der Waals surface area contributed by atoms with E-state index in [0.717, 1.165) is 10.0 Å². The van der Waals surface area contributed by atoms with Gasteiger partial charge in [-0.1, -0.05) is 15.9 Å². The zero-order chi connectivity index (χ0) is 17.7. The Bertz CT molecular complexity index is 742. The van der Waals surface area contributed by atoms with Crippen LogP contribution in [0.2, 0.25) is 0 Å². The molecule has 0 amide bonds. The highest BCUT2D eigenvalue weighted by molar-refractivity contribution is 9.10. The topological polar surface area (TPSA) is 54.0 Å². The molecule has 0 N–H and O–H groups in total. The van der Waals surface area contributed by atoms with Crippen LogP contribution < -0.4 is 18.9 Å². The van der Waals surface area contributed by atoms with Crippen molar-refractivity contribution in [1.29, 1.82) is 0 Å². The molecule has 0 atom stereocenters. The van der Waals surface area contributed by atoms with Gasteiger partial charge in [-0.15, -0.1) is 0 Å². The van der Waals surface area contributed by atoms with Crippen molar-refractivity contribution in [3.8, 4) is 23.0 Å². The molecule has 6 heteroatoms. The highest BCUT2D eigenvalue weighted by Crippen LogP contribution is 2.34. The minimum Gasteiger partial charge on any atom is -0.497 e. The molecule has 2 aromatic carbocycles. The quantitative estimate of drug-likeness (QED) is 0.656. The Morgan fingerprint density at radius 2 is 1.62 bits per heavy atom. The van der Waals surface area contributed by atoms with Crippen LogP contribution in [0.3, 0.4) is 0 Å². The third kappa shape index (κ3) is 4.00. The first kappa shape index (κ1) is 18.1. The van der Waals surface area contributed by atoms with Gasteiger partial charge < -0.3 is 18.9 Å². The second-order valence-corrected chi connectivity index (χ2v) is 5.86. The van der Waals surface area contributed by atoms with Gasteiger partial charge in [0.15, 0.2) is 17.3 Å². The molecule has 2 aromatic rings. The van der Waals surface area contributed by atoms with Crippen molar-refractivity contribution in [2.75, 3.05) is 21.3 Å². The van der Waals surface area contributed by atoms with Crippen molar-refractivity contribution in [3.63, 3.8) is 0 Å². The summed E-state index contributed by atoms with van der Waals surface area (Å²) in [6.45, 7) is 1.77. The van der Waals surface area contributed by atoms with E-state index in [1.54, 1.807) is 39.5 Å². The van der Waals surface area contributed by atoms with Crippen LogP contribution in [0.4, 0.5) is 0 Å². The van der Waals surface area contributed by atoms with Gasteiger partial charge in [0.25, 0.3) is 0 Å². The summed E-state index contributed by atoms with van der Waals surface area (Å²) < 4.78 is 22.4. The Morgan fingerprint density at radius 3 is 2.21 bits per heavy atom. The minimum atomic E-state index is -0.0877. The van der Waals surface area contributed by atoms with Crippen LogP contribution in [0.15, 0.2) is 34.8 Å². The Labute approximate surface area is 149 Å². The molecule has 0 bridgehead atoms. The maximum atomic E-state index is 11.8. The van der Waals surface area contributed by atoms with Crippen LogP contribution in [-0.2, 0) is 6.61 Å². The van der Waals surface area contributed by atoms with Crippen molar-refractivity contribution < 1.29 is 23.7 Å². The number of carbonyl (C=O) groups excluding carboxylic acids is 1. The molecule has 0 aromatic heterocycles.